The van der Waals surface area contributed by atoms with Crippen molar-refractivity contribution < 1.29 is 4.79 Å². The van der Waals surface area contributed by atoms with Gasteiger partial charge in [-0.05, 0) is 30.9 Å². The van der Waals surface area contributed by atoms with E-state index in [1.54, 1.807) is 12.1 Å². The van der Waals surface area contributed by atoms with Crippen molar-refractivity contribution in [3.05, 3.63) is 34.9 Å². The summed E-state index contributed by atoms with van der Waals surface area (Å²) < 4.78 is 0. The van der Waals surface area contributed by atoms with Gasteiger partial charge in [-0.3, -0.25) is 4.79 Å². The second kappa shape index (κ2) is 5.74. The molecule has 2 rings (SSSR count). The molecule has 0 bridgehead atoms. The van der Waals surface area contributed by atoms with Crippen molar-refractivity contribution in [1.82, 2.24) is 5.32 Å². The highest BCUT2D eigenvalue weighted by Gasteiger charge is 2.28. The highest BCUT2D eigenvalue weighted by Crippen LogP contribution is 2.27. The Morgan fingerprint density at radius 1 is 1.35 bits per heavy atom. The molecule has 0 aromatic heterocycles. The molecular formula is C13H15Cl2NO. The summed E-state index contributed by atoms with van der Waals surface area (Å²) in [7, 11) is 0. The molecule has 1 aliphatic rings. The van der Waals surface area contributed by atoms with Crippen LogP contribution < -0.4 is 5.32 Å². The Morgan fingerprint density at radius 2 is 2.12 bits per heavy atom. The molecule has 2 atom stereocenters. The Morgan fingerprint density at radius 3 is 2.82 bits per heavy atom. The number of alkyl halides is 1. The fraction of sp³-hybridized carbons (Fsp3) is 0.462. The third-order valence-corrected chi connectivity index (χ3v) is 4.02. The Labute approximate surface area is 111 Å². The average Bonchev–Trinajstić information content (AvgIpc) is 2.76. The fourth-order valence-corrected chi connectivity index (χ4v) is 2.89. The number of carbonyl (C=O) groups is 1. The van der Waals surface area contributed by atoms with Gasteiger partial charge in [-0.25, -0.2) is 0 Å². The highest BCUT2D eigenvalue weighted by atomic mass is 35.5. The zero-order chi connectivity index (χ0) is 12.3. The minimum absolute atomic E-state index is 0.0994. The molecule has 1 fully saturated rings. The quantitative estimate of drug-likeness (QED) is 0.838. The van der Waals surface area contributed by atoms with E-state index < -0.39 is 0 Å². The zero-order valence-electron chi connectivity index (χ0n) is 9.46. The van der Waals surface area contributed by atoms with E-state index in [4.69, 9.17) is 23.2 Å². The summed E-state index contributed by atoms with van der Waals surface area (Å²) in [6.07, 6.45) is 3.23. The molecule has 1 aromatic carbocycles. The van der Waals surface area contributed by atoms with Crippen molar-refractivity contribution in [3.63, 3.8) is 0 Å². The van der Waals surface area contributed by atoms with Crippen LogP contribution in [0.2, 0.25) is 5.02 Å². The summed E-state index contributed by atoms with van der Waals surface area (Å²) in [5, 5.41) is 3.52. The summed E-state index contributed by atoms with van der Waals surface area (Å²) in [5.74, 6) is 0.897. The summed E-state index contributed by atoms with van der Waals surface area (Å²) in [6.45, 7) is 0. The van der Waals surface area contributed by atoms with Crippen LogP contribution >= 0.6 is 23.2 Å². The number of hydrogen-bond donors (Lipinski definition) is 1. The van der Waals surface area contributed by atoms with Gasteiger partial charge in [0.25, 0.3) is 5.91 Å². The number of amides is 1. The van der Waals surface area contributed by atoms with E-state index in [0.717, 1.165) is 19.3 Å². The van der Waals surface area contributed by atoms with Crippen LogP contribution in [0.15, 0.2) is 24.3 Å². The molecule has 0 spiro atoms. The molecule has 0 heterocycles. The van der Waals surface area contributed by atoms with Crippen LogP contribution in [0.1, 0.15) is 29.6 Å². The molecule has 0 aliphatic heterocycles. The first kappa shape index (κ1) is 12.7. The Bertz CT molecular complexity index is 408. The molecule has 1 saturated carbocycles. The van der Waals surface area contributed by atoms with Crippen molar-refractivity contribution in [1.29, 1.82) is 0 Å². The number of benzene rings is 1. The molecule has 0 radical (unpaired) electrons. The zero-order valence-corrected chi connectivity index (χ0v) is 11.0. The van der Waals surface area contributed by atoms with Crippen LogP contribution in [0.25, 0.3) is 0 Å². The Kier molecular flexibility index (Phi) is 4.30. The van der Waals surface area contributed by atoms with E-state index >= 15 is 0 Å². The van der Waals surface area contributed by atoms with Crippen LogP contribution in [0.3, 0.4) is 0 Å². The van der Waals surface area contributed by atoms with E-state index in [1.165, 1.54) is 0 Å². The SMILES string of the molecule is O=C(NC1CCCC1CCl)c1ccccc1Cl. The highest BCUT2D eigenvalue weighted by molar-refractivity contribution is 6.33. The van der Waals surface area contributed by atoms with Crippen LogP contribution in [0, 0.1) is 5.92 Å². The predicted molar refractivity (Wildman–Crippen MR) is 70.8 cm³/mol. The number of carbonyl (C=O) groups excluding carboxylic acids is 1. The van der Waals surface area contributed by atoms with Crippen LogP contribution in [-0.2, 0) is 0 Å². The smallest absolute Gasteiger partial charge is 0.253 e. The molecule has 1 aromatic rings. The van der Waals surface area contributed by atoms with Gasteiger partial charge in [0.2, 0.25) is 0 Å². The van der Waals surface area contributed by atoms with E-state index in [-0.39, 0.29) is 11.9 Å². The lowest BCUT2D eigenvalue weighted by molar-refractivity contribution is 0.0930. The molecule has 0 saturated heterocycles. The van der Waals surface area contributed by atoms with Gasteiger partial charge in [0.05, 0.1) is 10.6 Å². The van der Waals surface area contributed by atoms with Crippen molar-refractivity contribution >= 4 is 29.1 Å². The van der Waals surface area contributed by atoms with Gasteiger partial charge < -0.3 is 5.32 Å². The summed E-state index contributed by atoms with van der Waals surface area (Å²) in [5.41, 5.74) is 0.536. The van der Waals surface area contributed by atoms with Gasteiger partial charge in [0.15, 0.2) is 0 Å². The summed E-state index contributed by atoms with van der Waals surface area (Å²) in [6, 6.07) is 7.29. The molecule has 1 N–H and O–H groups in total. The maximum atomic E-state index is 12.0. The standard InChI is InChI=1S/C13H15Cl2NO/c14-8-9-4-3-7-12(9)16-13(17)10-5-1-2-6-11(10)15/h1-2,5-6,9,12H,3-4,7-8H2,(H,16,17). The second-order valence-corrected chi connectivity index (χ2v) is 5.12. The average molecular weight is 272 g/mol. The van der Waals surface area contributed by atoms with Gasteiger partial charge >= 0.3 is 0 Å². The lowest BCUT2D eigenvalue weighted by Crippen LogP contribution is -2.38. The van der Waals surface area contributed by atoms with Crippen molar-refractivity contribution in [2.24, 2.45) is 5.92 Å². The van der Waals surface area contributed by atoms with Crippen molar-refractivity contribution in [3.8, 4) is 0 Å². The van der Waals surface area contributed by atoms with Gasteiger partial charge in [-0.2, -0.15) is 0 Å². The van der Waals surface area contributed by atoms with Gasteiger partial charge in [0, 0.05) is 11.9 Å². The molecule has 17 heavy (non-hydrogen) atoms. The molecule has 1 amide bonds. The van der Waals surface area contributed by atoms with Crippen LogP contribution in [0.4, 0.5) is 0 Å². The molecule has 2 nitrogen and oxygen atoms in total. The minimum atomic E-state index is -0.0994. The first-order valence-corrected chi connectivity index (χ1v) is 6.75. The van der Waals surface area contributed by atoms with Crippen LogP contribution in [-0.4, -0.2) is 17.8 Å². The third kappa shape index (κ3) is 2.93. The summed E-state index contributed by atoms with van der Waals surface area (Å²) in [4.78, 5) is 12.0. The number of nitrogens with one attached hydrogen (secondary N) is 1. The lowest BCUT2D eigenvalue weighted by Gasteiger charge is -2.19. The monoisotopic (exact) mass is 271 g/mol. The summed E-state index contributed by atoms with van der Waals surface area (Å²) >= 11 is 11.9. The number of rotatable bonds is 3. The normalized spacial score (nSPS) is 23.6. The van der Waals surface area contributed by atoms with Gasteiger partial charge in [-0.1, -0.05) is 30.2 Å². The molecule has 2 unspecified atom stereocenters. The van der Waals surface area contributed by atoms with Gasteiger partial charge in [-0.15, -0.1) is 11.6 Å². The van der Waals surface area contributed by atoms with Crippen molar-refractivity contribution in [2.45, 2.75) is 25.3 Å². The maximum absolute atomic E-state index is 12.0. The third-order valence-electron chi connectivity index (χ3n) is 3.29. The second-order valence-electron chi connectivity index (χ2n) is 4.41. The largest absolute Gasteiger partial charge is 0.349 e. The van der Waals surface area contributed by atoms with Gasteiger partial charge in [0.1, 0.15) is 0 Å². The lowest BCUT2D eigenvalue weighted by atomic mass is 10.1. The molecular weight excluding hydrogens is 257 g/mol. The Hall–Kier alpha value is -0.730. The minimum Gasteiger partial charge on any atom is -0.349 e. The van der Waals surface area contributed by atoms with E-state index in [0.29, 0.717) is 22.4 Å². The molecule has 1 aliphatic carbocycles. The first-order chi connectivity index (χ1) is 8.22. The predicted octanol–water partition coefficient (Wildman–Crippen LogP) is 3.48. The fourth-order valence-electron chi connectivity index (χ4n) is 2.30. The van der Waals surface area contributed by atoms with E-state index in [9.17, 15) is 4.79 Å². The maximum Gasteiger partial charge on any atom is 0.253 e. The Balaban J connectivity index is 2.04. The molecule has 4 heteroatoms. The topological polar surface area (TPSA) is 29.1 Å². The number of hydrogen-bond acceptors (Lipinski definition) is 1. The molecule has 92 valence electrons. The van der Waals surface area contributed by atoms with Crippen LogP contribution in [0.5, 0.6) is 0 Å². The van der Waals surface area contributed by atoms with E-state index in [1.807, 2.05) is 12.1 Å². The van der Waals surface area contributed by atoms with E-state index in [2.05, 4.69) is 5.32 Å². The first-order valence-electron chi connectivity index (χ1n) is 5.83. The number of halogens is 2. The van der Waals surface area contributed by atoms with Crippen molar-refractivity contribution in [2.75, 3.05) is 5.88 Å².